The van der Waals surface area contributed by atoms with Crippen LogP contribution in [-0.2, 0) is 0 Å². The minimum atomic E-state index is 0.146. The summed E-state index contributed by atoms with van der Waals surface area (Å²) in [5.41, 5.74) is 5.01. The molecule has 106 valence electrons. The van der Waals surface area contributed by atoms with Gasteiger partial charge in [-0.05, 0) is 19.1 Å². The first-order chi connectivity index (χ1) is 10.3. The molecule has 0 fully saturated rings. The van der Waals surface area contributed by atoms with Crippen molar-refractivity contribution in [2.24, 2.45) is 0 Å². The summed E-state index contributed by atoms with van der Waals surface area (Å²) in [4.78, 5) is 5.73. The van der Waals surface area contributed by atoms with Gasteiger partial charge in [0.1, 0.15) is 0 Å². The highest BCUT2D eigenvalue weighted by atomic mass is 35.5. The van der Waals surface area contributed by atoms with Crippen molar-refractivity contribution in [3.05, 3.63) is 70.0 Å². The van der Waals surface area contributed by atoms with Crippen LogP contribution in [0.25, 0.3) is 11.3 Å². The molecule has 0 bridgehead atoms. The molecule has 0 aliphatic rings. The van der Waals surface area contributed by atoms with E-state index in [4.69, 9.17) is 11.6 Å². The number of hydrogen-bond donors (Lipinski definition) is 1. The zero-order valence-electron chi connectivity index (χ0n) is 11.6. The molecule has 0 radical (unpaired) electrons. The Hall–Kier alpha value is -1.84. The normalized spacial score (nSPS) is 12.1. The predicted molar refractivity (Wildman–Crippen MR) is 91.0 cm³/mol. The summed E-state index contributed by atoms with van der Waals surface area (Å²) in [5.74, 6) is 0. The van der Waals surface area contributed by atoms with Crippen LogP contribution in [0.3, 0.4) is 0 Å². The molecule has 1 heterocycles. The second-order valence-electron chi connectivity index (χ2n) is 4.78. The highest BCUT2D eigenvalue weighted by molar-refractivity contribution is 7.10. The average Bonchev–Trinajstić information content (AvgIpc) is 3.00. The van der Waals surface area contributed by atoms with Crippen molar-refractivity contribution in [2.45, 2.75) is 13.0 Å². The van der Waals surface area contributed by atoms with E-state index < -0.39 is 0 Å². The van der Waals surface area contributed by atoms with Crippen LogP contribution in [0, 0.1) is 0 Å². The van der Waals surface area contributed by atoms with Crippen LogP contribution in [0.1, 0.15) is 17.8 Å². The number of nitrogens with one attached hydrogen (secondary N) is 1. The molecule has 3 rings (SSSR count). The van der Waals surface area contributed by atoms with Gasteiger partial charge in [-0.15, -0.1) is 11.3 Å². The highest BCUT2D eigenvalue weighted by Gasteiger charge is 2.15. The summed E-state index contributed by atoms with van der Waals surface area (Å²) in [5, 5.41) is 4.19. The molecule has 0 aliphatic heterocycles. The monoisotopic (exact) mass is 314 g/mol. The van der Waals surface area contributed by atoms with Crippen molar-refractivity contribution in [3.8, 4) is 11.3 Å². The topological polar surface area (TPSA) is 24.9 Å². The summed E-state index contributed by atoms with van der Waals surface area (Å²) in [6.07, 6.45) is 0. The van der Waals surface area contributed by atoms with Gasteiger partial charge in [0.2, 0.25) is 0 Å². The lowest BCUT2D eigenvalue weighted by Gasteiger charge is -2.16. The van der Waals surface area contributed by atoms with Crippen LogP contribution >= 0.6 is 22.9 Å². The molecule has 0 spiro atoms. The van der Waals surface area contributed by atoms with Crippen molar-refractivity contribution >= 4 is 28.6 Å². The van der Waals surface area contributed by atoms with Crippen LogP contribution < -0.4 is 5.32 Å². The van der Waals surface area contributed by atoms with E-state index in [1.165, 1.54) is 4.88 Å². The lowest BCUT2D eigenvalue weighted by atomic mass is 10.1. The van der Waals surface area contributed by atoms with E-state index >= 15 is 0 Å². The zero-order chi connectivity index (χ0) is 14.7. The number of halogens is 1. The van der Waals surface area contributed by atoms with Gasteiger partial charge in [0, 0.05) is 5.56 Å². The highest BCUT2D eigenvalue weighted by Crippen LogP contribution is 2.33. The van der Waals surface area contributed by atoms with Gasteiger partial charge in [0.05, 0.1) is 32.8 Å². The van der Waals surface area contributed by atoms with Crippen LogP contribution in [-0.4, -0.2) is 4.98 Å². The van der Waals surface area contributed by atoms with Crippen molar-refractivity contribution in [2.75, 3.05) is 5.32 Å². The van der Waals surface area contributed by atoms with E-state index in [0.717, 1.165) is 22.0 Å². The smallest absolute Gasteiger partial charge is 0.0864 e. The third-order valence-corrected chi connectivity index (χ3v) is 4.62. The van der Waals surface area contributed by atoms with Gasteiger partial charge in [-0.2, -0.15) is 0 Å². The Morgan fingerprint density at radius 1 is 1.05 bits per heavy atom. The summed E-state index contributed by atoms with van der Waals surface area (Å²) in [7, 11) is 0. The Bertz CT molecular complexity index is 724. The maximum absolute atomic E-state index is 6.21. The Morgan fingerprint density at radius 3 is 2.52 bits per heavy atom. The second kappa shape index (κ2) is 6.29. The minimum Gasteiger partial charge on any atom is -0.376 e. The maximum atomic E-state index is 6.21. The van der Waals surface area contributed by atoms with Crippen LogP contribution in [0.15, 0.2) is 60.1 Å². The summed E-state index contributed by atoms with van der Waals surface area (Å²) >= 11 is 7.87. The molecule has 1 N–H and O–H groups in total. The number of benzene rings is 2. The molecule has 2 aromatic carbocycles. The van der Waals surface area contributed by atoms with Crippen molar-refractivity contribution in [3.63, 3.8) is 0 Å². The number of rotatable bonds is 4. The van der Waals surface area contributed by atoms with Crippen LogP contribution in [0.5, 0.6) is 0 Å². The molecule has 2 nitrogen and oxygen atoms in total. The summed E-state index contributed by atoms with van der Waals surface area (Å²) in [6, 6.07) is 18.2. The maximum Gasteiger partial charge on any atom is 0.0864 e. The Kier molecular flexibility index (Phi) is 4.23. The van der Waals surface area contributed by atoms with Crippen molar-refractivity contribution in [1.29, 1.82) is 0 Å². The summed E-state index contributed by atoms with van der Waals surface area (Å²) in [6.45, 7) is 2.13. The van der Waals surface area contributed by atoms with E-state index in [1.807, 2.05) is 48.0 Å². The first-order valence-corrected chi connectivity index (χ1v) is 8.01. The number of para-hydroxylation sites is 1. The standard InChI is InChI=1S/C17H15ClN2S/c1-12(20-15-10-6-5-9-14(15)18)17-16(19-11-21-17)13-7-3-2-4-8-13/h2-12,20H,1H3. The third-order valence-electron chi connectivity index (χ3n) is 3.28. The molecule has 1 atom stereocenters. The largest absolute Gasteiger partial charge is 0.376 e. The van der Waals surface area contributed by atoms with E-state index in [0.29, 0.717) is 0 Å². The molecule has 1 unspecified atom stereocenters. The first-order valence-electron chi connectivity index (χ1n) is 6.75. The Balaban J connectivity index is 1.88. The SMILES string of the molecule is CC(Nc1ccccc1Cl)c1scnc1-c1ccccc1. The summed E-state index contributed by atoms with van der Waals surface area (Å²) < 4.78 is 0. The molecule has 0 amide bonds. The second-order valence-corrected chi connectivity index (χ2v) is 6.07. The van der Waals surface area contributed by atoms with E-state index in [9.17, 15) is 0 Å². The predicted octanol–water partition coefficient (Wildman–Crippen LogP) is 5.64. The van der Waals surface area contributed by atoms with E-state index in [1.54, 1.807) is 11.3 Å². The van der Waals surface area contributed by atoms with Gasteiger partial charge in [0.15, 0.2) is 0 Å². The number of hydrogen-bond acceptors (Lipinski definition) is 3. The van der Waals surface area contributed by atoms with Gasteiger partial charge in [-0.25, -0.2) is 4.98 Å². The van der Waals surface area contributed by atoms with Crippen molar-refractivity contribution < 1.29 is 0 Å². The fraction of sp³-hybridized carbons (Fsp3) is 0.118. The van der Waals surface area contributed by atoms with Gasteiger partial charge in [0.25, 0.3) is 0 Å². The zero-order valence-corrected chi connectivity index (χ0v) is 13.2. The van der Waals surface area contributed by atoms with E-state index in [2.05, 4.69) is 29.4 Å². The number of aromatic nitrogens is 1. The van der Waals surface area contributed by atoms with Gasteiger partial charge >= 0.3 is 0 Å². The third kappa shape index (κ3) is 3.09. The molecule has 1 aromatic heterocycles. The molecular formula is C17H15ClN2S. The number of nitrogens with zero attached hydrogens (tertiary/aromatic N) is 1. The van der Waals surface area contributed by atoms with Gasteiger partial charge in [-0.1, -0.05) is 54.1 Å². The van der Waals surface area contributed by atoms with Gasteiger partial charge in [-0.3, -0.25) is 0 Å². The molecule has 21 heavy (non-hydrogen) atoms. The molecular weight excluding hydrogens is 300 g/mol. The van der Waals surface area contributed by atoms with E-state index in [-0.39, 0.29) is 6.04 Å². The Morgan fingerprint density at radius 2 is 1.76 bits per heavy atom. The molecule has 3 aromatic rings. The molecule has 0 saturated heterocycles. The molecule has 0 saturated carbocycles. The fourth-order valence-electron chi connectivity index (χ4n) is 2.25. The van der Waals surface area contributed by atoms with Crippen LogP contribution in [0.2, 0.25) is 5.02 Å². The average molecular weight is 315 g/mol. The van der Waals surface area contributed by atoms with Crippen LogP contribution in [0.4, 0.5) is 5.69 Å². The lowest BCUT2D eigenvalue weighted by Crippen LogP contribution is -2.06. The molecule has 4 heteroatoms. The lowest BCUT2D eigenvalue weighted by molar-refractivity contribution is 0.906. The quantitative estimate of drug-likeness (QED) is 0.674. The van der Waals surface area contributed by atoms with Gasteiger partial charge < -0.3 is 5.32 Å². The first kappa shape index (κ1) is 14.1. The Labute approximate surface area is 133 Å². The number of anilines is 1. The molecule has 0 aliphatic carbocycles. The number of thiazole rings is 1. The minimum absolute atomic E-state index is 0.146. The fourth-order valence-corrected chi connectivity index (χ4v) is 3.26. The van der Waals surface area contributed by atoms with Crippen molar-refractivity contribution in [1.82, 2.24) is 4.98 Å².